The number of halogens is 2. The van der Waals surface area contributed by atoms with E-state index < -0.39 is 11.9 Å². The van der Waals surface area contributed by atoms with Gasteiger partial charge in [0.05, 0.1) is 11.1 Å². The molecule has 2 rings (SSSR count). The second-order valence-corrected chi connectivity index (χ2v) is 4.14. The standard InChI is InChI=1S/C11H12ClFO3/c1-6(14)4-7-10(13)8(12)5-9-11(7)16-3-2-15-9/h5-6,14H,2-4H2,1H3. The smallest absolute Gasteiger partial charge is 0.167 e. The average Bonchev–Trinajstić information content (AvgIpc) is 2.24. The molecule has 1 unspecified atom stereocenters. The maximum absolute atomic E-state index is 13.8. The second kappa shape index (κ2) is 4.47. The molecule has 88 valence electrons. The highest BCUT2D eigenvalue weighted by atomic mass is 35.5. The summed E-state index contributed by atoms with van der Waals surface area (Å²) in [7, 11) is 0. The first kappa shape index (κ1) is 11.5. The van der Waals surface area contributed by atoms with Crippen molar-refractivity contribution in [3.63, 3.8) is 0 Å². The lowest BCUT2D eigenvalue weighted by Crippen LogP contribution is -2.19. The van der Waals surface area contributed by atoms with Gasteiger partial charge in [0.25, 0.3) is 0 Å². The van der Waals surface area contributed by atoms with Gasteiger partial charge in [-0.1, -0.05) is 11.6 Å². The fraction of sp³-hybridized carbons (Fsp3) is 0.455. The summed E-state index contributed by atoms with van der Waals surface area (Å²) in [5, 5.41) is 9.30. The minimum absolute atomic E-state index is 0.0140. The van der Waals surface area contributed by atoms with Gasteiger partial charge in [-0.2, -0.15) is 0 Å². The number of aliphatic hydroxyl groups is 1. The molecule has 1 atom stereocenters. The van der Waals surface area contributed by atoms with Crippen LogP contribution in [0.15, 0.2) is 6.07 Å². The Hall–Kier alpha value is -1.00. The fourth-order valence-corrected chi connectivity index (χ4v) is 1.89. The van der Waals surface area contributed by atoms with Gasteiger partial charge in [0.1, 0.15) is 19.0 Å². The molecule has 0 aliphatic carbocycles. The Kier molecular flexibility index (Phi) is 3.21. The van der Waals surface area contributed by atoms with Crippen molar-refractivity contribution in [2.24, 2.45) is 0 Å². The van der Waals surface area contributed by atoms with Crippen LogP contribution in [0.4, 0.5) is 4.39 Å². The van der Waals surface area contributed by atoms with Crippen molar-refractivity contribution in [3.05, 3.63) is 22.5 Å². The van der Waals surface area contributed by atoms with Gasteiger partial charge in [0.15, 0.2) is 11.5 Å². The van der Waals surface area contributed by atoms with E-state index in [1.807, 2.05) is 0 Å². The van der Waals surface area contributed by atoms with E-state index in [0.717, 1.165) is 0 Å². The molecule has 0 saturated heterocycles. The Balaban J connectivity index is 2.50. The third kappa shape index (κ3) is 2.08. The minimum Gasteiger partial charge on any atom is -0.486 e. The first-order chi connectivity index (χ1) is 7.59. The molecule has 0 saturated carbocycles. The zero-order chi connectivity index (χ0) is 11.7. The zero-order valence-electron chi connectivity index (χ0n) is 8.80. The molecule has 0 aromatic heterocycles. The second-order valence-electron chi connectivity index (χ2n) is 3.73. The lowest BCUT2D eigenvalue weighted by atomic mass is 10.1. The SMILES string of the molecule is CC(O)Cc1c(F)c(Cl)cc2c1OCCO2. The van der Waals surface area contributed by atoms with Gasteiger partial charge < -0.3 is 14.6 Å². The summed E-state index contributed by atoms with van der Waals surface area (Å²) < 4.78 is 24.5. The number of aliphatic hydroxyl groups excluding tert-OH is 1. The van der Waals surface area contributed by atoms with E-state index >= 15 is 0 Å². The Morgan fingerprint density at radius 2 is 2.19 bits per heavy atom. The molecule has 1 N–H and O–H groups in total. The predicted octanol–water partition coefficient (Wildman–Crippen LogP) is 2.17. The van der Waals surface area contributed by atoms with Crippen LogP contribution in [0.25, 0.3) is 0 Å². The van der Waals surface area contributed by atoms with Gasteiger partial charge in [0.2, 0.25) is 0 Å². The largest absolute Gasteiger partial charge is 0.486 e. The van der Waals surface area contributed by atoms with E-state index in [0.29, 0.717) is 24.7 Å². The van der Waals surface area contributed by atoms with Gasteiger partial charge in [0, 0.05) is 18.1 Å². The first-order valence-electron chi connectivity index (χ1n) is 5.04. The molecule has 1 aliphatic rings. The molecule has 1 aliphatic heterocycles. The lowest BCUT2D eigenvalue weighted by molar-refractivity contribution is 0.162. The third-order valence-electron chi connectivity index (χ3n) is 2.32. The Morgan fingerprint density at radius 3 is 2.88 bits per heavy atom. The van der Waals surface area contributed by atoms with Gasteiger partial charge in [-0.15, -0.1) is 0 Å². The number of ether oxygens (including phenoxy) is 2. The molecule has 0 radical (unpaired) electrons. The van der Waals surface area contributed by atoms with Crippen LogP contribution in [0.3, 0.4) is 0 Å². The van der Waals surface area contributed by atoms with E-state index in [4.69, 9.17) is 21.1 Å². The molecule has 5 heteroatoms. The molecule has 3 nitrogen and oxygen atoms in total. The van der Waals surface area contributed by atoms with Crippen molar-refractivity contribution < 1.29 is 19.0 Å². The molecule has 1 aromatic rings. The highest BCUT2D eigenvalue weighted by Gasteiger charge is 2.23. The number of fused-ring (bicyclic) bond motifs is 1. The van der Waals surface area contributed by atoms with E-state index in [1.165, 1.54) is 6.07 Å². The van der Waals surface area contributed by atoms with Crippen molar-refractivity contribution in [1.29, 1.82) is 0 Å². The molecule has 0 amide bonds. The van der Waals surface area contributed by atoms with Gasteiger partial charge in [-0.3, -0.25) is 0 Å². The summed E-state index contributed by atoms with van der Waals surface area (Å²) in [6, 6.07) is 1.40. The normalized spacial score (nSPS) is 16.0. The van der Waals surface area contributed by atoms with Crippen LogP contribution in [0.2, 0.25) is 5.02 Å². The van der Waals surface area contributed by atoms with Crippen LogP contribution < -0.4 is 9.47 Å². The zero-order valence-corrected chi connectivity index (χ0v) is 9.55. The molecule has 0 spiro atoms. The number of hydrogen-bond acceptors (Lipinski definition) is 3. The topological polar surface area (TPSA) is 38.7 Å². The van der Waals surface area contributed by atoms with Crippen LogP contribution in [0, 0.1) is 5.82 Å². The number of hydrogen-bond donors (Lipinski definition) is 1. The lowest BCUT2D eigenvalue weighted by Gasteiger charge is -2.22. The van der Waals surface area contributed by atoms with Crippen molar-refractivity contribution in [1.82, 2.24) is 0 Å². The molecule has 1 aromatic carbocycles. The van der Waals surface area contributed by atoms with Crippen molar-refractivity contribution >= 4 is 11.6 Å². The molecular formula is C11H12ClFO3. The maximum atomic E-state index is 13.8. The summed E-state index contributed by atoms with van der Waals surface area (Å²) in [6.07, 6.45) is -0.513. The van der Waals surface area contributed by atoms with Gasteiger partial charge in [-0.05, 0) is 6.92 Å². The summed E-state index contributed by atoms with van der Waals surface area (Å²) in [5.41, 5.74) is 0.275. The molecule has 0 bridgehead atoms. The maximum Gasteiger partial charge on any atom is 0.167 e. The van der Waals surface area contributed by atoms with Crippen LogP contribution in [-0.4, -0.2) is 24.4 Å². The molecule has 0 fully saturated rings. The average molecular weight is 247 g/mol. The minimum atomic E-state index is -0.664. The van der Waals surface area contributed by atoms with Gasteiger partial charge in [-0.25, -0.2) is 4.39 Å². The summed E-state index contributed by atoms with van der Waals surface area (Å²) >= 11 is 5.74. The molecule has 16 heavy (non-hydrogen) atoms. The molecule has 1 heterocycles. The third-order valence-corrected chi connectivity index (χ3v) is 2.59. The van der Waals surface area contributed by atoms with E-state index in [-0.39, 0.29) is 17.0 Å². The van der Waals surface area contributed by atoms with Crippen molar-refractivity contribution in [3.8, 4) is 11.5 Å². The monoisotopic (exact) mass is 246 g/mol. The summed E-state index contributed by atoms with van der Waals surface area (Å²) in [5.74, 6) is 0.245. The highest BCUT2D eigenvalue weighted by Crippen LogP contribution is 2.39. The van der Waals surface area contributed by atoms with Crippen LogP contribution in [0.1, 0.15) is 12.5 Å². The summed E-state index contributed by atoms with van der Waals surface area (Å²) in [4.78, 5) is 0. The Morgan fingerprint density at radius 1 is 1.50 bits per heavy atom. The number of benzene rings is 1. The highest BCUT2D eigenvalue weighted by molar-refractivity contribution is 6.31. The van der Waals surface area contributed by atoms with E-state index in [1.54, 1.807) is 6.92 Å². The van der Waals surface area contributed by atoms with Crippen LogP contribution in [0.5, 0.6) is 11.5 Å². The molecular weight excluding hydrogens is 235 g/mol. The quantitative estimate of drug-likeness (QED) is 0.869. The first-order valence-corrected chi connectivity index (χ1v) is 5.42. The van der Waals surface area contributed by atoms with Crippen molar-refractivity contribution in [2.45, 2.75) is 19.4 Å². The van der Waals surface area contributed by atoms with E-state index in [2.05, 4.69) is 0 Å². The number of rotatable bonds is 2. The predicted molar refractivity (Wildman–Crippen MR) is 57.8 cm³/mol. The summed E-state index contributed by atoms with van der Waals surface area (Å²) in [6.45, 7) is 2.38. The Labute approximate surface area is 97.7 Å². The van der Waals surface area contributed by atoms with E-state index in [9.17, 15) is 9.50 Å². The fourth-order valence-electron chi connectivity index (χ4n) is 1.68. The van der Waals surface area contributed by atoms with Crippen molar-refractivity contribution in [2.75, 3.05) is 13.2 Å². The van der Waals surface area contributed by atoms with Gasteiger partial charge >= 0.3 is 0 Å². The Bertz CT molecular complexity index is 407. The van der Waals surface area contributed by atoms with Crippen LogP contribution >= 0.6 is 11.6 Å². The van der Waals surface area contributed by atoms with Crippen LogP contribution in [-0.2, 0) is 6.42 Å².